The lowest BCUT2D eigenvalue weighted by atomic mass is 10.0. The maximum atomic E-state index is 12.9. The number of primary amides is 2. The van der Waals surface area contributed by atoms with Crippen molar-refractivity contribution in [3.63, 3.8) is 0 Å². The molecule has 204 valence electrons. The number of guanidine groups is 1. The average Bonchev–Trinajstić information content (AvgIpc) is 2.73. The van der Waals surface area contributed by atoms with Crippen molar-refractivity contribution in [2.75, 3.05) is 6.54 Å². The van der Waals surface area contributed by atoms with E-state index in [1.54, 1.807) is 13.8 Å². The zero-order chi connectivity index (χ0) is 28.0. The molecule has 0 aliphatic carbocycles. The normalized spacial score (nSPS) is 14.0. The molecule has 0 saturated heterocycles. The summed E-state index contributed by atoms with van der Waals surface area (Å²) < 4.78 is 0. The van der Waals surface area contributed by atoms with Crippen LogP contribution in [0.15, 0.2) is 4.99 Å². The van der Waals surface area contributed by atoms with E-state index in [9.17, 15) is 33.9 Å². The van der Waals surface area contributed by atoms with Gasteiger partial charge in [-0.1, -0.05) is 13.8 Å². The first-order chi connectivity index (χ1) is 16.6. The van der Waals surface area contributed by atoms with Crippen LogP contribution in [0.2, 0.25) is 0 Å². The molecule has 0 saturated carbocycles. The second-order valence-corrected chi connectivity index (χ2v) is 8.55. The quantitative estimate of drug-likeness (QED) is 0.0509. The van der Waals surface area contributed by atoms with E-state index in [-0.39, 0.29) is 31.3 Å². The lowest BCUT2D eigenvalue weighted by molar-refractivity contribution is -0.144. The number of carbonyl (C=O) groups excluding carboxylic acids is 5. The first kappa shape index (κ1) is 32.0. The Labute approximate surface area is 208 Å². The molecular formula is C20H37N9O7. The Morgan fingerprint density at radius 1 is 0.778 bits per heavy atom. The van der Waals surface area contributed by atoms with Crippen LogP contribution >= 0.6 is 0 Å². The highest BCUT2D eigenvalue weighted by Gasteiger charge is 2.31. The number of amides is 5. The van der Waals surface area contributed by atoms with Gasteiger partial charge in [0.2, 0.25) is 29.5 Å². The molecule has 0 fully saturated rings. The fraction of sp³-hybridized carbons (Fsp3) is 0.650. The second kappa shape index (κ2) is 15.9. The van der Waals surface area contributed by atoms with Gasteiger partial charge in [0.25, 0.3) is 0 Å². The first-order valence-corrected chi connectivity index (χ1v) is 11.1. The second-order valence-electron chi connectivity index (χ2n) is 8.55. The molecule has 0 bridgehead atoms. The number of rotatable bonds is 17. The van der Waals surface area contributed by atoms with Crippen LogP contribution in [0.25, 0.3) is 0 Å². The molecule has 14 N–H and O–H groups in total. The largest absolute Gasteiger partial charge is 0.480 e. The lowest BCUT2D eigenvalue weighted by Gasteiger charge is -2.25. The molecule has 4 unspecified atom stereocenters. The van der Waals surface area contributed by atoms with E-state index < -0.39 is 72.5 Å². The van der Waals surface area contributed by atoms with Crippen molar-refractivity contribution in [3.8, 4) is 0 Å². The molecule has 0 heterocycles. The number of carboxylic acid groups (broad SMARTS) is 1. The van der Waals surface area contributed by atoms with Gasteiger partial charge in [-0.2, -0.15) is 0 Å². The van der Waals surface area contributed by atoms with Crippen molar-refractivity contribution in [2.24, 2.45) is 39.6 Å². The molecule has 36 heavy (non-hydrogen) atoms. The summed E-state index contributed by atoms with van der Waals surface area (Å²) in [5.74, 6) is -6.18. The number of aliphatic imine (C=N–C) groups is 1. The smallest absolute Gasteiger partial charge is 0.326 e. The molecule has 0 aromatic rings. The highest BCUT2D eigenvalue weighted by Crippen LogP contribution is 2.08. The van der Waals surface area contributed by atoms with Crippen LogP contribution in [0.1, 0.15) is 46.0 Å². The summed E-state index contributed by atoms with van der Waals surface area (Å²) in [7, 11) is 0. The summed E-state index contributed by atoms with van der Waals surface area (Å²) in [5, 5.41) is 16.1. The van der Waals surface area contributed by atoms with Gasteiger partial charge in [0.05, 0.1) is 18.9 Å². The molecule has 0 aliphatic heterocycles. The molecule has 16 nitrogen and oxygen atoms in total. The van der Waals surface area contributed by atoms with Crippen molar-refractivity contribution < 1.29 is 33.9 Å². The van der Waals surface area contributed by atoms with Crippen molar-refractivity contribution in [2.45, 2.75) is 70.1 Å². The SMILES string of the molecule is CC(C)CC(NC(=O)C(CC(N)=O)NC(=O)C(N)CCCN=C(N)N)C(=O)NC(CC(N)=O)C(=O)O. The van der Waals surface area contributed by atoms with Crippen molar-refractivity contribution >= 4 is 41.5 Å². The molecule has 16 heteroatoms. The van der Waals surface area contributed by atoms with E-state index in [1.807, 2.05) is 0 Å². The van der Waals surface area contributed by atoms with E-state index in [2.05, 4.69) is 20.9 Å². The topological polar surface area (TPSA) is 301 Å². The summed E-state index contributed by atoms with van der Waals surface area (Å²) in [6, 6.07) is -5.38. The van der Waals surface area contributed by atoms with Gasteiger partial charge in [0.15, 0.2) is 5.96 Å². The third-order valence-electron chi connectivity index (χ3n) is 4.70. The highest BCUT2D eigenvalue weighted by atomic mass is 16.4. The third-order valence-corrected chi connectivity index (χ3v) is 4.70. The molecule has 4 atom stereocenters. The summed E-state index contributed by atoms with van der Waals surface area (Å²) in [6.45, 7) is 3.72. The maximum Gasteiger partial charge on any atom is 0.326 e. The fourth-order valence-electron chi connectivity index (χ4n) is 2.99. The van der Waals surface area contributed by atoms with Crippen LogP contribution in [0, 0.1) is 5.92 Å². The molecule has 5 amide bonds. The summed E-state index contributed by atoms with van der Waals surface area (Å²) in [5.41, 5.74) is 26.5. The van der Waals surface area contributed by atoms with Gasteiger partial charge in [0.1, 0.15) is 18.1 Å². The minimum absolute atomic E-state index is 0.0715. The van der Waals surface area contributed by atoms with Gasteiger partial charge >= 0.3 is 5.97 Å². The van der Waals surface area contributed by atoms with Crippen molar-refractivity contribution in [1.29, 1.82) is 0 Å². The van der Waals surface area contributed by atoms with Crippen molar-refractivity contribution in [3.05, 3.63) is 0 Å². The van der Waals surface area contributed by atoms with Crippen molar-refractivity contribution in [1.82, 2.24) is 16.0 Å². The lowest BCUT2D eigenvalue weighted by Crippen LogP contribution is -2.58. The van der Waals surface area contributed by atoms with Crippen LogP contribution in [0.3, 0.4) is 0 Å². The Morgan fingerprint density at radius 3 is 1.72 bits per heavy atom. The van der Waals surface area contributed by atoms with Gasteiger partial charge in [0, 0.05) is 6.54 Å². The van der Waals surface area contributed by atoms with Gasteiger partial charge in [-0.15, -0.1) is 0 Å². The van der Waals surface area contributed by atoms with Crippen LogP contribution < -0.4 is 44.6 Å². The molecule has 0 aromatic carbocycles. The third kappa shape index (κ3) is 13.7. The van der Waals surface area contributed by atoms with Crippen LogP contribution in [0.4, 0.5) is 0 Å². The Balaban J connectivity index is 5.44. The Kier molecular flexibility index (Phi) is 14.1. The molecule has 0 radical (unpaired) electrons. The zero-order valence-electron chi connectivity index (χ0n) is 20.4. The average molecular weight is 516 g/mol. The number of hydrogen-bond acceptors (Lipinski definition) is 8. The standard InChI is InChI=1S/C20H37N9O7/c1-9(2)6-11(17(33)29-13(19(35)36)8-15(23)31)28-18(34)12(7-14(22)30)27-16(32)10(21)4-3-5-26-20(24)25/h9-13H,3-8,21H2,1-2H3,(H2,22,30)(H2,23,31)(H,27,32)(H,28,34)(H,29,33)(H,35,36)(H4,24,25,26). The molecule has 0 aliphatic rings. The van der Waals surface area contributed by atoms with Gasteiger partial charge < -0.3 is 49.7 Å². The van der Waals surface area contributed by atoms with Crippen LogP contribution in [0.5, 0.6) is 0 Å². The fourth-order valence-corrected chi connectivity index (χ4v) is 2.99. The predicted octanol–water partition coefficient (Wildman–Crippen LogP) is -4.30. The molecule has 0 aromatic heterocycles. The Morgan fingerprint density at radius 2 is 1.25 bits per heavy atom. The molecule has 0 spiro atoms. The van der Waals surface area contributed by atoms with Gasteiger partial charge in [-0.05, 0) is 25.2 Å². The number of aliphatic carboxylic acids is 1. The van der Waals surface area contributed by atoms with Gasteiger partial charge in [-0.25, -0.2) is 4.79 Å². The summed E-state index contributed by atoms with van der Waals surface area (Å²) >= 11 is 0. The highest BCUT2D eigenvalue weighted by molar-refractivity contribution is 5.96. The number of nitrogens with two attached hydrogens (primary N) is 5. The summed E-state index contributed by atoms with van der Waals surface area (Å²) in [4.78, 5) is 75.7. The first-order valence-electron chi connectivity index (χ1n) is 11.1. The number of hydrogen-bond donors (Lipinski definition) is 9. The number of nitrogens with one attached hydrogen (secondary N) is 3. The Bertz CT molecular complexity index is 843. The zero-order valence-corrected chi connectivity index (χ0v) is 20.4. The van der Waals surface area contributed by atoms with E-state index in [4.69, 9.17) is 28.7 Å². The maximum absolute atomic E-state index is 12.9. The number of nitrogens with zero attached hydrogens (tertiary/aromatic N) is 1. The molecular weight excluding hydrogens is 478 g/mol. The van der Waals surface area contributed by atoms with E-state index >= 15 is 0 Å². The minimum atomic E-state index is -1.61. The predicted molar refractivity (Wildman–Crippen MR) is 128 cm³/mol. The van der Waals surface area contributed by atoms with Crippen LogP contribution in [-0.2, 0) is 28.8 Å². The van der Waals surface area contributed by atoms with Crippen LogP contribution in [-0.4, -0.2) is 77.3 Å². The van der Waals surface area contributed by atoms with Gasteiger partial charge in [-0.3, -0.25) is 29.0 Å². The van der Waals surface area contributed by atoms with E-state index in [0.717, 1.165) is 0 Å². The van der Waals surface area contributed by atoms with E-state index in [0.29, 0.717) is 6.42 Å². The monoisotopic (exact) mass is 515 g/mol. The van der Waals surface area contributed by atoms with E-state index in [1.165, 1.54) is 0 Å². The molecule has 0 rings (SSSR count). The minimum Gasteiger partial charge on any atom is -0.480 e. The number of carbonyl (C=O) groups is 6. The summed E-state index contributed by atoms with van der Waals surface area (Å²) in [6.07, 6.45) is -0.644. The Hall–Kier alpha value is -3.95. The number of carboxylic acids is 1.